The third-order valence-corrected chi connectivity index (χ3v) is 5.34. The first-order chi connectivity index (χ1) is 16.0. The number of allylic oxidation sites excluding steroid dienone is 1. The van der Waals surface area contributed by atoms with Crippen LogP contribution in [0.4, 0.5) is 11.6 Å². The van der Waals surface area contributed by atoms with E-state index in [1.165, 1.54) is 0 Å². The van der Waals surface area contributed by atoms with Crippen LogP contribution >= 0.6 is 0 Å². The number of carbonyl (C=O) groups excluding carboxylic acids is 1. The lowest BCUT2D eigenvalue weighted by atomic mass is 10.0. The SMILES string of the molecule is CC(C)CN(c1ccc(/C(C#N)=C/c2ccccc2)cc1)c1oc2ccccc2c1C(N)=O. The van der Waals surface area contributed by atoms with Gasteiger partial charge < -0.3 is 15.1 Å². The summed E-state index contributed by atoms with van der Waals surface area (Å²) in [6.45, 7) is 4.83. The standard InChI is InChI=1S/C28H25N3O2/c1-19(2)18-31(28-26(27(30)32)24-10-6-7-11-25(24)33-28)23-14-12-21(13-15-23)22(17-29)16-20-8-4-3-5-9-20/h3-16,19H,18H2,1-2H3,(H2,30,32)/b22-16+. The molecule has 33 heavy (non-hydrogen) atoms. The van der Waals surface area contributed by atoms with Crippen molar-refractivity contribution in [1.29, 1.82) is 5.26 Å². The molecule has 0 spiro atoms. The Labute approximate surface area is 193 Å². The highest BCUT2D eigenvalue weighted by Crippen LogP contribution is 2.37. The highest BCUT2D eigenvalue weighted by molar-refractivity contribution is 6.10. The second-order valence-electron chi connectivity index (χ2n) is 8.27. The number of carbonyl (C=O) groups is 1. The van der Waals surface area contributed by atoms with Gasteiger partial charge in [0, 0.05) is 17.6 Å². The summed E-state index contributed by atoms with van der Waals surface area (Å²) < 4.78 is 6.12. The molecule has 0 unspecified atom stereocenters. The van der Waals surface area contributed by atoms with Crippen molar-refractivity contribution in [3.63, 3.8) is 0 Å². The van der Waals surface area contributed by atoms with Crippen LogP contribution in [0.5, 0.6) is 0 Å². The van der Waals surface area contributed by atoms with E-state index in [9.17, 15) is 10.1 Å². The summed E-state index contributed by atoms with van der Waals surface area (Å²) in [7, 11) is 0. The van der Waals surface area contributed by atoms with Gasteiger partial charge in [-0.15, -0.1) is 0 Å². The molecule has 1 heterocycles. The van der Waals surface area contributed by atoms with Crippen molar-refractivity contribution < 1.29 is 9.21 Å². The van der Waals surface area contributed by atoms with Gasteiger partial charge in [-0.3, -0.25) is 4.79 Å². The minimum atomic E-state index is -0.530. The monoisotopic (exact) mass is 435 g/mol. The van der Waals surface area contributed by atoms with Gasteiger partial charge in [-0.05, 0) is 41.3 Å². The Balaban J connectivity index is 1.76. The number of primary amides is 1. The van der Waals surface area contributed by atoms with Gasteiger partial charge in [0.25, 0.3) is 5.91 Å². The molecule has 0 radical (unpaired) electrons. The van der Waals surface area contributed by atoms with E-state index in [2.05, 4.69) is 19.9 Å². The van der Waals surface area contributed by atoms with Gasteiger partial charge in [-0.2, -0.15) is 5.26 Å². The molecule has 0 saturated carbocycles. The number of hydrogen-bond donors (Lipinski definition) is 1. The molecule has 4 aromatic rings. The van der Waals surface area contributed by atoms with Crippen LogP contribution in [0.2, 0.25) is 0 Å². The summed E-state index contributed by atoms with van der Waals surface area (Å²) in [6.07, 6.45) is 1.87. The maximum absolute atomic E-state index is 12.4. The Hall–Kier alpha value is -4.30. The number of amides is 1. The molecular formula is C28H25N3O2. The maximum Gasteiger partial charge on any atom is 0.254 e. The maximum atomic E-state index is 12.4. The number of para-hydroxylation sites is 1. The zero-order chi connectivity index (χ0) is 23.4. The van der Waals surface area contributed by atoms with E-state index >= 15 is 0 Å². The molecular weight excluding hydrogens is 410 g/mol. The quantitative estimate of drug-likeness (QED) is 0.269. The number of nitrogens with two attached hydrogens (primary N) is 1. The molecule has 0 bridgehead atoms. The topological polar surface area (TPSA) is 83.3 Å². The second kappa shape index (κ2) is 9.46. The Bertz CT molecular complexity index is 1340. The second-order valence-corrected chi connectivity index (χ2v) is 8.27. The molecule has 5 nitrogen and oxygen atoms in total. The van der Waals surface area contributed by atoms with Gasteiger partial charge >= 0.3 is 0 Å². The predicted molar refractivity (Wildman–Crippen MR) is 133 cm³/mol. The smallest absolute Gasteiger partial charge is 0.254 e. The van der Waals surface area contributed by atoms with Gasteiger partial charge in [0.05, 0.1) is 11.6 Å². The molecule has 0 aliphatic heterocycles. The van der Waals surface area contributed by atoms with Gasteiger partial charge in [-0.25, -0.2) is 0 Å². The summed E-state index contributed by atoms with van der Waals surface area (Å²) in [5, 5.41) is 10.4. The summed E-state index contributed by atoms with van der Waals surface area (Å²) in [6, 6.07) is 27.1. The van der Waals surface area contributed by atoms with Crippen molar-refractivity contribution in [2.24, 2.45) is 11.7 Å². The minimum absolute atomic E-state index is 0.297. The number of rotatable bonds is 7. The van der Waals surface area contributed by atoms with E-state index in [1.54, 1.807) is 0 Å². The fraction of sp³-hybridized carbons (Fsp3) is 0.143. The number of anilines is 2. The normalized spacial score (nSPS) is 11.5. The van der Waals surface area contributed by atoms with E-state index in [1.807, 2.05) is 89.8 Å². The molecule has 0 atom stereocenters. The molecule has 5 heteroatoms. The lowest BCUT2D eigenvalue weighted by Gasteiger charge is -2.25. The number of furan rings is 1. The number of nitriles is 1. The van der Waals surface area contributed by atoms with Crippen LogP contribution in [0.3, 0.4) is 0 Å². The molecule has 1 amide bonds. The van der Waals surface area contributed by atoms with E-state index in [0.29, 0.717) is 40.5 Å². The highest BCUT2D eigenvalue weighted by atomic mass is 16.4. The minimum Gasteiger partial charge on any atom is -0.439 e. The molecule has 0 saturated heterocycles. The fourth-order valence-corrected chi connectivity index (χ4v) is 3.85. The van der Waals surface area contributed by atoms with Gasteiger partial charge in [0.15, 0.2) is 0 Å². The first-order valence-corrected chi connectivity index (χ1v) is 10.8. The average Bonchev–Trinajstić information content (AvgIpc) is 3.21. The van der Waals surface area contributed by atoms with E-state index in [4.69, 9.17) is 10.2 Å². The third kappa shape index (κ3) is 4.65. The van der Waals surface area contributed by atoms with Crippen molar-refractivity contribution in [1.82, 2.24) is 0 Å². The Morgan fingerprint density at radius 2 is 1.70 bits per heavy atom. The van der Waals surface area contributed by atoms with Crippen LogP contribution in [0.15, 0.2) is 83.3 Å². The number of nitrogens with zero attached hydrogens (tertiary/aromatic N) is 2. The lowest BCUT2D eigenvalue weighted by molar-refractivity contribution is 0.100. The fourth-order valence-electron chi connectivity index (χ4n) is 3.85. The van der Waals surface area contributed by atoms with Crippen molar-refractivity contribution >= 4 is 40.1 Å². The van der Waals surface area contributed by atoms with Gasteiger partial charge in [0.2, 0.25) is 5.88 Å². The summed E-state index contributed by atoms with van der Waals surface area (Å²) in [4.78, 5) is 14.3. The zero-order valence-electron chi connectivity index (χ0n) is 18.7. The zero-order valence-corrected chi connectivity index (χ0v) is 18.7. The Morgan fingerprint density at radius 1 is 1.03 bits per heavy atom. The Morgan fingerprint density at radius 3 is 2.33 bits per heavy atom. The van der Waals surface area contributed by atoms with Crippen LogP contribution in [0, 0.1) is 17.2 Å². The highest BCUT2D eigenvalue weighted by Gasteiger charge is 2.25. The lowest BCUT2D eigenvalue weighted by Crippen LogP contribution is -2.25. The molecule has 0 aliphatic carbocycles. The molecule has 2 N–H and O–H groups in total. The van der Waals surface area contributed by atoms with E-state index in [-0.39, 0.29) is 0 Å². The van der Waals surface area contributed by atoms with Gasteiger partial charge in [0.1, 0.15) is 11.1 Å². The van der Waals surface area contributed by atoms with Crippen LogP contribution in [-0.2, 0) is 0 Å². The molecule has 3 aromatic carbocycles. The van der Waals surface area contributed by atoms with E-state index < -0.39 is 5.91 Å². The summed E-state index contributed by atoms with van der Waals surface area (Å²) in [5.41, 5.74) is 9.95. The van der Waals surface area contributed by atoms with Crippen molar-refractivity contribution in [2.45, 2.75) is 13.8 Å². The summed E-state index contributed by atoms with van der Waals surface area (Å²) >= 11 is 0. The molecule has 0 aliphatic rings. The van der Waals surface area contributed by atoms with E-state index in [0.717, 1.165) is 16.8 Å². The number of benzene rings is 3. The predicted octanol–water partition coefficient (Wildman–Crippen LogP) is 6.39. The molecule has 0 fully saturated rings. The van der Waals surface area contributed by atoms with Crippen molar-refractivity contribution in [2.75, 3.05) is 11.4 Å². The average molecular weight is 436 g/mol. The molecule has 1 aromatic heterocycles. The van der Waals surface area contributed by atoms with Gasteiger partial charge in [-0.1, -0.05) is 74.5 Å². The van der Waals surface area contributed by atoms with Crippen LogP contribution in [0.1, 0.15) is 35.3 Å². The number of hydrogen-bond acceptors (Lipinski definition) is 4. The summed E-state index contributed by atoms with van der Waals surface area (Å²) in [5.74, 6) is 0.203. The van der Waals surface area contributed by atoms with Crippen LogP contribution < -0.4 is 10.6 Å². The molecule has 164 valence electrons. The van der Waals surface area contributed by atoms with Crippen LogP contribution in [-0.4, -0.2) is 12.5 Å². The largest absolute Gasteiger partial charge is 0.439 e. The first-order valence-electron chi connectivity index (χ1n) is 10.8. The molecule has 4 rings (SSSR count). The van der Waals surface area contributed by atoms with Crippen molar-refractivity contribution in [3.8, 4) is 6.07 Å². The van der Waals surface area contributed by atoms with Crippen LogP contribution in [0.25, 0.3) is 22.6 Å². The first kappa shape index (κ1) is 21.9. The van der Waals surface area contributed by atoms with Crippen molar-refractivity contribution in [3.05, 3.63) is 95.6 Å². The Kier molecular flexibility index (Phi) is 6.28. The third-order valence-electron chi connectivity index (χ3n) is 5.34. The number of fused-ring (bicyclic) bond motifs is 1.